The van der Waals surface area contributed by atoms with Crippen LogP contribution in [0.2, 0.25) is 0 Å². The summed E-state index contributed by atoms with van der Waals surface area (Å²) < 4.78 is 16.2. The Morgan fingerprint density at radius 2 is 1.52 bits per heavy atom. The molecule has 0 spiro atoms. The number of esters is 1. The van der Waals surface area contributed by atoms with E-state index in [1.807, 2.05) is 67.6 Å². The molecule has 2 rings (SSSR count). The van der Waals surface area contributed by atoms with E-state index in [1.165, 1.54) is 0 Å². The molecule has 144 valence electrons. The van der Waals surface area contributed by atoms with Gasteiger partial charge in [0.2, 0.25) is 5.60 Å². The standard InChI is InChI=1S/C21H25NO5/c1-3-27-21(17-10-6-4-7-11-17,18-12-8-5-9-13-18)20(24)26-16-19(23)22-14-15-25-2/h4-13H,3,14-16H2,1-2H3,(H,22,23). The predicted octanol–water partition coefficient (Wildman–Crippen LogP) is 2.27. The molecule has 0 aliphatic heterocycles. The first-order valence-corrected chi connectivity index (χ1v) is 8.83. The molecule has 1 N–H and O–H groups in total. The number of benzene rings is 2. The molecule has 0 fully saturated rings. The minimum atomic E-state index is -1.44. The molecule has 0 aliphatic carbocycles. The van der Waals surface area contributed by atoms with Crippen molar-refractivity contribution in [2.45, 2.75) is 12.5 Å². The monoisotopic (exact) mass is 371 g/mol. The van der Waals surface area contributed by atoms with Gasteiger partial charge in [-0.05, 0) is 18.1 Å². The quantitative estimate of drug-likeness (QED) is 0.512. The zero-order chi connectivity index (χ0) is 19.5. The average molecular weight is 371 g/mol. The summed E-state index contributed by atoms with van der Waals surface area (Å²) in [5, 5.41) is 2.62. The Morgan fingerprint density at radius 1 is 0.963 bits per heavy atom. The molecular weight excluding hydrogens is 346 g/mol. The molecule has 0 saturated carbocycles. The third kappa shape index (κ3) is 5.15. The summed E-state index contributed by atoms with van der Waals surface area (Å²) in [7, 11) is 1.54. The third-order valence-electron chi connectivity index (χ3n) is 3.97. The van der Waals surface area contributed by atoms with Crippen molar-refractivity contribution in [3.05, 3.63) is 71.8 Å². The topological polar surface area (TPSA) is 73.9 Å². The molecule has 0 bridgehead atoms. The first-order valence-electron chi connectivity index (χ1n) is 8.83. The van der Waals surface area contributed by atoms with Crippen molar-refractivity contribution in [2.75, 3.05) is 33.5 Å². The SMILES string of the molecule is CCOC(C(=O)OCC(=O)NCCOC)(c1ccccc1)c1ccccc1. The number of rotatable bonds is 10. The van der Waals surface area contributed by atoms with E-state index < -0.39 is 24.1 Å². The summed E-state index contributed by atoms with van der Waals surface area (Å²) >= 11 is 0. The van der Waals surface area contributed by atoms with E-state index in [2.05, 4.69) is 5.32 Å². The van der Waals surface area contributed by atoms with Crippen molar-refractivity contribution in [3.8, 4) is 0 Å². The first-order chi connectivity index (χ1) is 13.1. The fourth-order valence-corrected chi connectivity index (χ4v) is 2.77. The average Bonchev–Trinajstić information content (AvgIpc) is 2.71. The molecule has 0 aromatic heterocycles. The minimum Gasteiger partial charge on any atom is -0.453 e. The van der Waals surface area contributed by atoms with E-state index in [0.717, 1.165) is 0 Å². The van der Waals surface area contributed by atoms with Crippen molar-refractivity contribution in [2.24, 2.45) is 0 Å². The van der Waals surface area contributed by atoms with E-state index in [0.29, 0.717) is 30.9 Å². The summed E-state index contributed by atoms with van der Waals surface area (Å²) in [6, 6.07) is 18.3. The normalized spacial score (nSPS) is 11.0. The fraction of sp³-hybridized carbons (Fsp3) is 0.333. The van der Waals surface area contributed by atoms with Crippen LogP contribution in [0.1, 0.15) is 18.1 Å². The second kappa shape index (κ2) is 10.4. The lowest BCUT2D eigenvalue weighted by Crippen LogP contribution is -2.43. The maximum absolute atomic E-state index is 13.1. The molecule has 0 atom stereocenters. The highest BCUT2D eigenvalue weighted by molar-refractivity contribution is 5.88. The van der Waals surface area contributed by atoms with Gasteiger partial charge in [0.15, 0.2) is 6.61 Å². The van der Waals surface area contributed by atoms with Crippen LogP contribution in [0.4, 0.5) is 0 Å². The number of nitrogens with one attached hydrogen (secondary N) is 1. The van der Waals surface area contributed by atoms with E-state index >= 15 is 0 Å². The van der Waals surface area contributed by atoms with Crippen LogP contribution < -0.4 is 5.32 Å². The lowest BCUT2D eigenvalue weighted by molar-refractivity contribution is -0.170. The second-order valence-corrected chi connectivity index (χ2v) is 5.77. The first kappa shape index (κ1) is 20.6. The van der Waals surface area contributed by atoms with Gasteiger partial charge in [-0.25, -0.2) is 4.79 Å². The largest absolute Gasteiger partial charge is 0.453 e. The number of amides is 1. The van der Waals surface area contributed by atoms with Gasteiger partial charge in [0, 0.05) is 20.3 Å². The van der Waals surface area contributed by atoms with E-state index in [-0.39, 0.29) is 0 Å². The Morgan fingerprint density at radius 3 is 2.00 bits per heavy atom. The zero-order valence-corrected chi connectivity index (χ0v) is 15.6. The van der Waals surface area contributed by atoms with Gasteiger partial charge in [-0.3, -0.25) is 4.79 Å². The highest BCUT2D eigenvalue weighted by Crippen LogP contribution is 2.35. The molecule has 0 heterocycles. The maximum Gasteiger partial charge on any atom is 0.348 e. The molecule has 0 aliphatic rings. The summed E-state index contributed by atoms with van der Waals surface area (Å²) in [4.78, 5) is 25.0. The van der Waals surface area contributed by atoms with E-state index in [1.54, 1.807) is 7.11 Å². The van der Waals surface area contributed by atoms with Crippen LogP contribution in [0.3, 0.4) is 0 Å². The molecule has 27 heavy (non-hydrogen) atoms. The van der Waals surface area contributed by atoms with Crippen LogP contribution in [0.15, 0.2) is 60.7 Å². The van der Waals surface area contributed by atoms with Gasteiger partial charge < -0.3 is 19.5 Å². The number of methoxy groups -OCH3 is 1. The summed E-state index contributed by atoms with van der Waals surface area (Å²) in [6.45, 7) is 2.44. The Hall–Kier alpha value is -2.70. The molecule has 0 radical (unpaired) electrons. The van der Waals surface area contributed by atoms with Crippen LogP contribution >= 0.6 is 0 Å². The Bertz CT molecular complexity index is 678. The summed E-state index contributed by atoms with van der Waals surface area (Å²) in [6.07, 6.45) is 0. The predicted molar refractivity (Wildman–Crippen MR) is 101 cm³/mol. The van der Waals surface area contributed by atoms with Crippen LogP contribution in [0.25, 0.3) is 0 Å². The number of hydrogen-bond donors (Lipinski definition) is 1. The van der Waals surface area contributed by atoms with Crippen molar-refractivity contribution in [1.82, 2.24) is 5.32 Å². The maximum atomic E-state index is 13.1. The summed E-state index contributed by atoms with van der Waals surface area (Å²) in [5.74, 6) is -1.03. The lowest BCUT2D eigenvalue weighted by atomic mass is 9.86. The Balaban J connectivity index is 2.29. The number of carbonyl (C=O) groups excluding carboxylic acids is 2. The lowest BCUT2D eigenvalue weighted by Gasteiger charge is -2.32. The van der Waals surface area contributed by atoms with Gasteiger partial charge >= 0.3 is 5.97 Å². The van der Waals surface area contributed by atoms with Gasteiger partial charge in [0.05, 0.1) is 6.61 Å². The molecular formula is C21H25NO5. The third-order valence-corrected chi connectivity index (χ3v) is 3.97. The van der Waals surface area contributed by atoms with Crippen LogP contribution in [0.5, 0.6) is 0 Å². The van der Waals surface area contributed by atoms with Gasteiger partial charge in [0.25, 0.3) is 5.91 Å². The molecule has 6 nitrogen and oxygen atoms in total. The molecule has 1 amide bonds. The highest BCUT2D eigenvalue weighted by Gasteiger charge is 2.45. The Kier molecular flexibility index (Phi) is 7.98. The molecule has 0 unspecified atom stereocenters. The van der Waals surface area contributed by atoms with Gasteiger partial charge in [-0.2, -0.15) is 0 Å². The number of ether oxygens (including phenoxy) is 3. The van der Waals surface area contributed by atoms with Gasteiger partial charge in [-0.15, -0.1) is 0 Å². The van der Waals surface area contributed by atoms with Crippen molar-refractivity contribution in [3.63, 3.8) is 0 Å². The smallest absolute Gasteiger partial charge is 0.348 e. The van der Waals surface area contributed by atoms with Crippen LogP contribution in [-0.4, -0.2) is 45.4 Å². The molecule has 0 saturated heterocycles. The minimum absolute atomic E-state index is 0.291. The Labute approximate surface area is 159 Å². The highest BCUT2D eigenvalue weighted by atomic mass is 16.6. The van der Waals surface area contributed by atoms with E-state index in [4.69, 9.17) is 14.2 Å². The van der Waals surface area contributed by atoms with Gasteiger partial charge in [0.1, 0.15) is 0 Å². The van der Waals surface area contributed by atoms with Crippen molar-refractivity contribution < 1.29 is 23.8 Å². The number of carbonyl (C=O) groups is 2. The number of hydrogen-bond acceptors (Lipinski definition) is 5. The molecule has 2 aromatic carbocycles. The van der Waals surface area contributed by atoms with Crippen molar-refractivity contribution in [1.29, 1.82) is 0 Å². The second-order valence-electron chi connectivity index (χ2n) is 5.77. The molecule has 6 heteroatoms. The van der Waals surface area contributed by atoms with Crippen LogP contribution in [0, 0.1) is 0 Å². The molecule has 2 aromatic rings. The fourth-order valence-electron chi connectivity index (χ4n) is 2.77. The zero-order valence-electron chi connectivity index (χ0n) is 15.6. The van der Waals surface area contributed by atoms with Gasteiger partial charge in [-0.1, -0.05) is 60.7 Å². The summed E-state index contributed by atoms with van der Waals surface area (Å²) in [5.41, 5.74) is -0.157. The van der Waals surface area contributed by atoms with Crippen molar-refractivity contribution >= 4 is 11.9 Å². The van der Waals surface area contributed by atoms with E-state index in [9.17, 15) is 9.59 Å². The van der Waals surface area contributed by atoms with Crippen LogP contribution in [-0.2, 0) is 29.4 Å².